The van der Waals surface area contributed by atoms with Gasteiger partial charge in [0.05, 0.1) is 10.6 Å². The van der Waals surface area contributed by atoms with Gasteiger partial charge in [0.25, 0.3) is 0 Å². The number of aromatic nitrogens is 2. The third-order valence-electron chi connectivity index (χ3n) is 3.97. The predicted octanol–water partition coefficient (Wildman–Crippen LogP) is 2.65. The molecule has 0 aliphatic carbocycles. The van der Waals surface area contributed by atoms with Crippen LogP contribution in [0.5, 0.6) is 0 Å². The zero-order chi connectivity index (χ0) is 20.0. The Morgan fingerprint density at radius 1 is 1.25 bits per heavy atom. The van der Waals surface area contributed by atoms with Crippen molar-refractivity contribution in [3.8, 4) is 0 Å². The molecule has 2 aromatic rings. The van der Waals surface area contributed by atoms with Crippen LogP contribution in [0.15, 0.2) is 46.2 Å². The number of amides is 1. The van der Waals surface area contributed by atoms with Crippen molar-refractivity contribution in [1.82, 2.24) is 14.5 Å². The van der Waals surface area contributed by atoms with E-state index < -0.39 is 10.0 Å². The molecule has 1 aromatic heterocycles. The maximum absolute atomic E-state index is 12.5. The van der Waals surface area contributed by atoms with Crippen LogP contribution < -0.4 is 10.6 Å². The Morgan fingerprint density at radius 3 is 2.64 bits per heavy atom. The lowest BCUT2D eigenvalue weighted by Crippen LogP contribution is -2.27. The molecule has 1 fully saturated rings. The Hall–Kier alpha value is -1.95. The first-order valence-corrected chi connectivity index (χ1v) is 11.9. The highest BCUT2D eigenvalue weighted by Crippen LogP contribution is 2.26. The number of benzene rings is 1. The third-order valence-corrected chi connectivity index (χ3v) is 7.90. The van der Waals surface area contributed by atoms with Crippen molar-refractivity contribution in [2.24, 2.45) is 0 Å². The molecule has 1 amide bonds. The summed E-state index contributed by atoms with van der Waals surface area (Å²) in [5, 5.41) is 14.5. The molecule has 11 heteroatoms. The number of rotatable bonds is 9. The monoisotopic (exact) mass is 439 g/mol. The maximum atomic E-state index is 12.5. The van der Waals surface area contributed by atoms with Gasteiger partial charge in [-0.1, -0.05) is 29.2 Å². The zero-order valence-corrected chi connectivity index (χ0v) is 17.6. The first-order chi connectivity index (χ1) is 13.5. The van der Waals surface area contributed by atoms with Crippen LogP contribution in [0.4, 0.5) is 10.8 Å². The number of carbonyl (C=O) groups excluding carboxylic acids is 1. The first kappa shape index (κ1) is 20.8. The van der Waals surface area contributed by atoms with E-state index in [0.29, 0.717) is 34.8 Å². The Balaban J connectivity index is 1.51. The molecule has 0 atom stereocenters. The van der Waals surface area contributed by atoms with Crippen LogP contribution in [0.25, 0.3) is 0 Å². The largest absolute Gasteiger partial charge is 0.357 e. The van der Waals surface area contributed by atoms with Crippen molar-refractivity contribution in [3.63, 3.8) is 0 Å². The molecule has 2 heterocycles. The van der Waals surface area contributed by atoms with Crippen molar-refractivity contribution >= 4 is 49.8 Å². The van der Waals surface area contributed by atoms with Crippen LogP contribution in [0.3, 0.4) is 0 Å². The second-order valence-electron chi connectivity index (χ2n) is 6.02. The number of thioether (sulfide) groups is 1. The summed E-state index contributed by atoms with van der Waals surface area (Å²) >= 11 is 2.66. The Morgan fingerprint density at radius 2 is 1.96 bits per heavy atom. The molecule has 1 aromatic carbocycles. The van der Waals surface area contributed by atoms with E-state index in [1.54, 1.807) is 18.2 Å². The second-order valence-corrected chi connectivity index (χ2v) is 10.2. The summed E-state index contributed by atoms with van der Waals surface area (Å²) < 4.78 is 27.2. The average molecular weight is 440 g/mol. The molecule has 1 aliphatic rings. The molecule has 3 rings (SSSR count). The fourth-order valence-corrected chi connectivity index (χ4v) is 5.69. The predicted molar refractivity (Wildman–Crippen MR) is 112 cm³/mol. The van der Waals surface area contributed by atoms with E-state index in [0.717, 1.165) is 12.8 Å². The van der Waals surface area contributed by atoms with Crippen molar-refractivity contribution in [1.29, 1.82) is 0 Å². The lowest BCUT2D eigenvalue weighted by molar-refractivity contribution is -0.113. The molecular weight excluding hydrogens is 418 g/mol. The topological polar surface area (TPSA) is 104 Å². The van der Waals surface area contributed by atoms with Crippen molar-refractivity contribution < 1.29 is 13.2 Å². The van der Waals surface area contributed by atoms with E-state index in [4.69, 9.17) is 0 Å². The highest BCUT2D eigenvalue weighted by molar-refractivity contribution is 8.01. The van der Waals surface area contributed by atoms with Gasteiger partial charge >= 0.3 is 0 Å². The molecular formula is C17H21N5O3S3. The Labute approximate surface area is 172 Å². The summed E-state index contributed by atoms with van der Waals surface area (Å²) in [5.74, 6) is -0.0137. The van der Waals surface area contributed by atoms with E-state index in [1.807, 2.05) is 0 Å². The van der Waals surface area contributed by atoms with Crippen LogP contribution in [0.1, 0.15) is 12.8 Å². The second kappa shape index (κ2) is 9.50. The smallest absolute Gasteiger partial charge is 0.243 e. The number of sulfonamides is 1. The first-order valence-electron chi connectivity index (χ1n) is 8.70. The maximum Gasteiger partial charge on any atom is 0.243 e. The van der Waals surface area contributed by atoms with Gasteiger partial charge in [0.2, 0.25) is 21.1 Å². The quantitative estimate of drug-likeness (QED) is 0.457. The number of anilines is 2. The average Bonchev–Trinajstić information content (AvgIpc) is 3.37. The van der Waals surface area contributed by atoms with E-state index in [9.17, 15) is 13.2 Å². The molecule has 0 unspecified atom stereocenters. The molecule has 2 N–H and O–H groups in total. The van der Waals surface area contributed by atoms with Crippen LogP contribution in [-0.4, -0.2) is 54.2 Å². The van der Waals surface area contributed by atoms with Gasteiger partial charge in [-0.25, -0.2) is 8.42 Å². The zero-order valence-electron chi connectivity index (χ0n) is 15.1. The van der Waals surface area contributed by atoms with Gasteiger partial charge in [-0.3, -0.25) is 4.79 Å². The van der Waals surface area contributed by atoms with Gasteiger partial charge in [-0.15, -0.1) is 16.8 Å². The molecule has 0 bridgehead atoms. The molecule has 1 aliphatic heterocycles. The van der Waals surface area contributed by atoms with E-state index in [1.165, 1.54) is 39.5 Å². The van der Waals surface area contributed by atoms with E-state index >= 15 is 0 Å². The molecule has 8 nitrogen and oxygen atoms in total. The summed E-state index contributed by atoms with van der Waals surface area (Å²) in [4.78, 5) is 12.4. The Kier molecular flexibility index (Phi) is 7.05. The molecule has 0 radical (unpaired) electrons. The van der Waals surface area contributed by atoms with E-state index in [-0.39, 0.29) is 16.6 Å². The summed E-state index contributed by atoms with van der Waals surface area (Å²) in [7, 11) is -3.44. The number of hydrogen-bond acceptors (Lipinski definition) is 8. The van der Waals surface area contributed by atoms with Gasteiger partial charge in [-0.05, 0) is 37.1 Å². The van der Waals surface area contributed by atoms with Crippen LogP contribution in [0, 0.1) is 0 Å². The van der Waals surface area contributed by atoms with Crippen molar-refractivity contribution in [2.75, 3.05) is 36.0 Å². The summed E-state index contributed by atoms with van der Waals surface area (Å²) in [6.45, 7) is 5.35. The highest BCUT2D eigenvalue weighted by Gasteiger charge is 2.26. The molecule has 0 spiro atoms. The minimum Gasteiger partial charge on any atom is -0.357 e. The number of nitrogens with zero attached hydrogens (tertiary/aromatic N) is 3. The number of carbonyl (C=O) groups is 1. The summed E-state index contributed by atoms with van der Waals surface area (Å²) in [6, 6.07) is 6.26. The molecule has 150 valence electrons. The normalized spacial score (nSPS) is 14.7. The van der Waals surface area contributed by atoms with Gasteiger partial charge in [0.15, 0.2) is 4.34 Å². The molecule has 0 saturated carbocycles. The third kappa shape index (κ3) is 5.31. The van der Waals surface area contributed by atoms with Crippen LogP contribution >= 0.6 is 23.1 Å². The lowest BCUT2D eigenvalue weighted by atomic mass is 10.3. The molecule has 28 heavy (non-hydrogen) atoms. The van der Waals surface area contributed by atoms with Crippen LogP contribution in [0.2, 0.25) is 0 Å². The van der Waals surface area contributed by atoms with Gasteiger partial charge < -0.3 is 10.6 Å². The standard InChI is InChI=1S/C17H21N5O3S3/c1-2-9-18-16-20-21-17(27-16)26-12-15(23)19-13-5-7-14(8-6-13)28(24,25)22-10-3-4-11-22/h2,5-8H,1,3-4,9-12H2,(H,18,20)(H,19,23). The fourth-order valence-electron chi connectivity index (χ4n) is 2.61. The summed E-state index contributed by atoms with van der Waals surface area (Å²) in [5.41, 5.74) is 0.552. The number of hydrogen-bond donors (Lipinski definition) is 2. The lowest BCUT2D eigenvalue weighted by Gasteiger charge is -2.15. The molecule has 1 saturated heterocycles. The summed E-state index contributed by atoms with van der Waals surface area (Å²) in [6.07, 6.45) is 3.51. The van der Waals surface area contributed by atoms with Gasteiger partial charge in [0, 0.05) is 25.3 Å². The van der Waals surface area contributed by atoms with Gasteiger partial charge in [0.1, 0.15) is 0 Å². The van der Waals surface area contributed by atoms with Crippen molar-refractivity contribution in [2.45, 2.75) is 22.1 Å². The van der Waals surface area contributed by atoms with E-state index in [2.05, 4.69) is 27.4 Å². The van der Waals surface area contributed by atoms with Crippen molar-refractivity contribution in [3.05, 3.63) is 36.9 Å². The SMILES string of the molecule is C=CCNc1nnc(SCC(=O)Nc2ccc(S(=O)(=O)N3CCCC3)cc2)s1. The number of nitrogens with one attached hydrogen (secondary N) is 2. The Bertz CT molecular complexity index is 922. The minimum absolute atomic E-state index is 0.184. The van der Waals surface area contributed by atoms with Crippen LogP contribution in [-0.2, 0) is 14.8 Å². The highest BCUT2D eigenvalue weighted by atomic mass is 32.2. The minimum atomic E-state index is -3.44. The fraction of sp³-hybridized carbons (Fsp3) is 0.353. The van der Waals surface area contributed by atoms with Gasteiger partial charge in [-0.2, -0.15) is 4.31 Å².